The topological polar surface area (TPSA) is 0 Å². The van der Waals surface area contributed by atoms with Crippen LogP contribution in [0.15, 0.2) is 0 Å². The predicted molar refractivity (Wildman–Crippen MR) is 54.4 cm³/mol. The molecule has 0 aromatic rings. The van der Waals surface area contributed by atoms with E-state index in [4.69, 9.17) is 6.42 Å². The van der Waals surface area contributed by atoms with Gasteiger partial charge in [-0.3, -0.25) is 0 Å². The Kier molecular flexibility index (Phi) is 10.6. The predicted octanol–water partition coefficient (Wildman–Crippen LogP) is 4.11. The van der Waals surface area contributed by atoms with E-state index in [9.17, 15) is 0 Å². The molecular weight excluding hydrogens is 144 g/mol. The first kappa shape index (κ1) is 11.8. The van der Waals surface area contributed by atoms with Crippen LogP contribution >= 0.6 is 0 Å². The van der Waals surface area contributed by atoms with Crippen molar-refractivity contribution in [1.82, 2.24) is 0 Å². The summed E-state index contributed by atoms with van der Waals surface area (Å²) in [5, 5.41) is 0. The summed E-state index contributed by atoms with van der Waals surface area (Å²) in [6.45, 7) is 2.25. The van der Waals surface area contributed by atoms with E-state index in [0.29, 0.717) is 0 Å². The van der Waals surface area contributed by atoms with Crippen LogP contribution < -0.4 is 0 Å². The van der Waals surface area contributed by atoms with Crippen LogP contribution in [-0.4, -0.2) is 0 Å². The summed E-state index contributed by atoms with van der Waals surface area (Å²) in [5.74, 6) is 2.43. The van der Waals surface area contributed by atoms with Crippen LogP contribution in [-0.2, 0) is 0 Å². The minimum absolute atomic E-state index is 0.856. The molecule has 0 nitrogen and oxygen atoms in total. The quantitative estimate of drug-likeness (QED) is 0.288. The third kappa shape index (κ3) is 9.78. The van der Waals surface area contributed by atoms with Gasteiger partial charge in [-0.15, -0.1) is 0 Å². The van der Waals surface area contributed by atoms with Crippen molar-refractivity contribution in [3.63, 3.8) is 0 Å². The van der Waals surface area contributed by atoms with E-state index < -0.39 is 0 Å². The summed E-state index contributed by atoms with van der Waals surface area (Å²) in [4.78, 5) is 0. The number of unbranched alkanes of at least 4 members (excludes halogenated alkanes) is 8. The normalized spacial score (nSPS) is 9.92. The van der Waals surface area contributed by atoms with Gasteiger partial charge in [0, 0.05) is 0 Å². The Labute approximate surface area is 77.8 Å². The second-order valence-corrected chi connectivity index (χ2v) is 3.40. The molecule has 0 aliphatic heterocycles. The Hall–Kier alpha value is -0.220. The molecule has 0 aromatic heterocycles. The molecule has 0 rings (SSSR count). The van der Waals surface area contributed by atoms with Crippen molar-refractivity contribution in [3.8, 4) is 5.92 Å². The maximum absolute atomic E-state index is 6.72. The van der Waals surface area contributed by atoms with Gasteiger partial charge in [0.25, 0.3) is 0 Å². The van der Waals surface area contributed by atoms with Crippen LogP contribution in [0.5, 0.6) is 0 Å². The molecule has 0 heterocycles. The van der Waals surface area contributed by atoms with E-state index in [1.807, 2.05) is 0 Å². The molecule has 0 saturated carbocycles. The number of hydrogen-bond donors (Lipinski definition) is 0. The molecule has 0 bridgehead atoms. The van der Waals surface area contributed by atoms with Crippen molar-refractivity contribution in [2.45, 2.75) is 64.7 Å². The van der Waals surface area contributed by atoms with Gasteiger partial charge in [-0.2, -0.15) is 0 Å². The summed E-state index contributed by atoms with van der Waals surface area (Å²) in [6.07, 6.45) is 18.3. The summed E-state index contributed by atoms with van der Waals surface area (Å²) in [5.41, 5.74) is 0. The van der Waals surface area contributed by atoms with Crippen LogP contribution in [0, 0.1) is 12.3 Å². The first-order valence-electron chi connectivity index (χ1n) is 5.31. The second kappa shape index (κ2) is 10.8. The van der Waals surface area contributed by atoms with E-state index >= 15 is 0 Å². The molecule has 0 aliphatic carbocycles. The number of hydrogen-bond acceptors (Lipinski definition) is 0. The van der Waals surface area contributed by atoms with E-state index in [1.165, 1.54) is 44.9 Å². The summed E-state index contributed by atoms with van der Waals surface area (Å²) < 4.78 is 0. The van der Waals surface area contributed by atoms with Gasteiger partial charge in [-0.1, -0.05) is 0 Å². The zero-order valence-electron chi connectivity index (χ0n) is 8.36. The van der Waals surface area contributed by atoms with Crippen molar-refractivity contribution >= 4 is 0 Å². The first-order chi connectivity index (χ1) is 5.91. The zero-order valence-corrected chi connectivity index (χ0v) is 8.36. The Morgan fingerprint density at radius 3 is 1.83 bits per heavy atom. The van der Waals surface area contributed by atoms with Crippen LogP contribution in [0.2, 0.25) is 0 Å². The van der Waals surface area contributed by atoms with Crippen molar-refractivity contribution in [3.05, 3.63) is 6.42 Å². The molecule has 0 aliphatic rings. The minimum atomic E-state index is 0.856. The van der Waals surface area contributed by atoms with Crippen LogP contribution in [0.1, 0.15) is 64.7 Å². The SMILES string of the molecule is [C+]#CCCCCCCCCCC. The van der Waals surface area contributed by atoms with Gasteiger partial charge in [-0.05, 0) is 0 Å². The van der Waals surface area contributed by atoms with Crippen molar-refractivity contribution < 1.29 is 0 Å². The van der Waals surface area contributed by atoms with E-state index in [0.717, 1.165) is 12.8 Å². The molecule has 0 heteroatoms. The molecule has 0 atom stereocenters. The third-order valence-corrected chi connectivity index (χ3v) is 2.16. The fourth-order valence-electron chi connectivity index (χ4n) is 1.35. The molecule has 0 N–H and O–H groups in total. The van der Waals surface area contributed by atoms with Gasteiger partial charge in [0.05, 0.1) is 0 Å². The fraction of sp³-hybridized carbons (Fsp3) is 0.833. The average molecular weight is 165 g/mol. The van der Waals surface area contributed by atoms with Gasteiger partial charge in [0.15, 0.2) is 0 Å². The molecule has 0 radical (unpaired) electrons. The third-order valence-electron chi connectivity index (χ3n) is 2.16. The Balaban J connectivity index is 2.78. The Bertz CT molecular complexity index is 108. The number of rotatable bonds is 8. The Morgan fingerprint density at radius 2 is 1.33 bits per heavy atom. The molecule has 0 amide bonds. The van der Waals surface area contributed by atoms with Gasteiger partial charge in [0.1, 0.15) is 0 Å². The molecule has 0 spiro atoms. The zero-order chi connectivity index (χ0) is 9.07. The van der Waals surface area contributed by atoms with Crippen LogP contribution in [0.3, 0.4) is 0 Å². The Morgan fingerprint density at radius 1 is 0.833 bits per heavy atom. The molecule has 0 saturated heterocycles. The van der Waals surface area contributed by atoms with Crippen LogP contribution in [0.4, 0.5) is 0 Å². The molecular formula is C12H21+. The molecule has 68 valence electrons. The van der Waals surface area contributed by atoms with Gasteiger partial charge < -0.3 is 0 Å². The van der Waals surface area contributed by atoms with Crippen molar-refractivity contribution in [2.75, 3.05) is 0 Å². The summed E-state index contributed by atoms with van der Waals surface area (Å²) in [6, 6.07) is 0. The molecule has 12 heavy (non-hydrogen) atoms. The standard InChI is InChI=1S/C12H21/c1-3-5-7-9-11-12-10-8-6-4-2/h3,5-12H2,1H3/q+1. The monoisotopic (exact) mass is 165 g/mol. The van der Waals surface area contributed by atoms with Crippen LogP contribution in [0.25, 0.3) is 0 Å². The van der Waals surface area contributed by atoms with Gasteiger partial charge in [0.2, 0.25) is 0 Å². The summed E-state index contributed by atoms with van der Waals surface area (Å²) >= 11 is 0. The van der Waals surface area contributed by atoms with E-state index in [-0.39, 0.29) is 0 Å². The van der Waals surface area contributed by atoms with Crippen molar-refractivity contribution in [1.29, 1.82) is 0 Å². The van der Waals surface area contributed by atoms with Gasteiger partial charge >= 0.3 is 77.1 Å². The summed E-state index contributed by atoms with van der Waals surface area (Å²) in [7, 11) is 0. The van der Waals surface area contributed by atoms with Gasteiger partial charge in [-0.25, -0.2) is 0 Å². The first-order valence-corrected chi connectivity index (χ1v) is 5.31. The molecule has 0 aromatic carbocycles. The molecule has 0 fully saturated rings. The second-order valence-electron chi connectivity index (χ2n) is 3.40. The fourth-order valence-corrected chi connectivity index (χ4v) is 1.35. The maximum atomic E-state index is 6.72. The average Bonchev–Trinajstić information content (AvgIpc) is 2.10. The van der Waals surface area contributed by atoms with E-state index in [1.54, 1.807) is 0 Å². The van der Waals surface area contributed by atoms with Crippen molar-refractivity contribution in [2.24, 2.45) is 0 Å². The van der Waals surface area contributed by atoms with E-state index in [2.05, 4.69) is 12.8 Å². The molecule has 0 unspecified atom stereocenters.